The number of piperidine rings is 1. The molecule has 0 atom stereocenters. The van der Waals surface area contributed by atoms with Crippen molar-refractivity contribution in [3.8, 4) is 0 Å². The molecule has 0 radical (unpaired) electrons. The normalized spacial score (nSPS) is 29.3. The van der Waals surface area contributed by atoms with E-state index in [9.17, 15) is 0 Å². The largest absolute Gasteiger partial charge is 0.297 e. The van der Waals surface area contributed by atoms with Crippen molar-refractivity contribution >= 4 is 12.6 Å². The summed E-state index contributed by atoms with van der Waals surface area (Å²) in [7, 11) is 0. The van der Waals surface area contributed by atoms with E-state index in [4.69, 9.17) is 0 Å². The predicted molar refractivity (Wildman–Crippen MR) is 60.5 cm³/mol. The summed E-state index contributed by atoms with van der Waals surface area (Å²) in [5.41, 5.74) is 0.504. The van der Waals surface area contributed by atoms with Gasteiger partial charge in [-0.15, -0.1) is 0 Å². The molecule has 0 aromatic carbocycles. The summed E-state index contributed by atoms with van der Waals surface area (Å²) in [6, 6.07) is 0. The Morgan fingerprint density at radius 1 is 0.923 bits per heavy atom. The van der Waals surface area contributed by atoms with Crippen LogP contribution in [-0.4, -0.2) is 29.3 Å². The Kier molecular flexibility index (Phi) is 3.20. The molecule has 2 aliphatic rings. The van der Waals surface area contributed by atoms with Gasteiger partial charge in [0, 0.05) is 11.3 Å². The Balaban J connectivity index is 2.01. The number of thiol groups is 1. The van der Waals surface area contributed by atoms with Gasteiger partial charge in [0.05, 0.1) is 0 Å². The zero-order valence-electron chi connectivity index (χ0n) is 8.47. The fourth-order valence-electron chi connectivity index (χ4n) is 2.98. The zero-order valence-corrected chi connectivity index (χ0v) is 9.36. The van der Waals surface area contributed by atoms with E-state index in [0.717, 1.165) is 5.75 Å². The molecular formula is C11H21NS. The van der Waals surface area contributed by atoms with Crippen LogP contribution in [0.2, 0.25) is 0 Å². The van der Waals surface area contributed by atoms with E-state index in [-0.39, 0.29) is 0 Å². The van der Waals surface area contributed by atoms with Crippen LogP contribution in [0.5, 0.6) is 0 Å². The topological polar surface area (TPSA) is 3.24 Å². The van der Waals surface area contributed by atoms with Gasteiger partial charge < -0.3 is 0 Å². The summed E-state index contributed by atoms with van der Waals surface area (Å²) in [6.45, 7) is 2.67. The summed E-state index contributed by atoms with van der Waals surface area (Å²) in [5, 5.41) is 0. The van der Waals surface area contributed by atoms with E-state index < -0.39 is 0 Å². The minimum absolute atomic E-state index is 0.504. The molecular weight excluding hydrogens is 178 g/mol. The summed E-state index contributed by atoms with van der Waals surface area (Å²) in [6.07, 6.45) is 9.92. The fourth-order valence-corrected chi connectivity index (χ4v) is 3.49. The second-order valence-corrected chi connectivity index (χ2v) is 4.95. The molecule has 0 spiro atoms. The van der Waals surface area contributed by atoms with Crippen molar-refractivity contribution in [2.24, 2.45) is 0 Å². The molecule has 1 aliphatic heterocycles. The van der Waals surface area contributed by atoms with E-state index in [2.05, 4.69) is 17.5 Å². The van der Waals surface area contributed by atoms with Crippen molar-refractivity contribution in [3.05, 3.63) is 0 Å². The number of hydrogen-bond donors (Lipinski definition) is 1. The van der Waals surface area contributed by atoms with Crippen LogP contribution in [0.25, 0.3) is 0 Å². The maximum Gasteiger partial charge on any atom is 0.0297 e. The Morgan fingerprint density at radius 2 is 1.54 bits per heavy atom. The molecule has 0 amide bonds. The van der Waals surface area contributed by atoms with Crippen LogP contribution in [-0.2, 0) is 0 Å². The molecule has 2 rings (SSSR count). The Morgan fingerprint density at radius 3 is 2.08 bits per heavy atom. The third-order valence-corrected chi connectivity index (χ3v) is 4.44. The van der Waals surface area contributed by atoms with Gasteiger partial charge in [-0.2, -0.15) is 12.6 Å². The average Bonchev–Trinajstić information content (AvgIpc) is 2.69. The van der Waals surface area contributed by atoms with Crippen LogP contribution in [0, 0.1) is 0 Å². The summed E-state index contributed by atoms with van der Waals surface area (Å²) in [4.78, 5) is 2.73. The van der Waals surface area contributed by atoms with Gasteiger partial charge in [-0.25, -0.2) is 0 Å². The van der Waals surface area contributed by atoms with E-state index in [1.54, 1.807) is 0 Å². The molecule has 2 fully saturated rings. The quantitative estimate of drug-likeness (QED) is 0.669. The van der Waals surface area contributed by atoms with Gasteiger partial charge in [-0.05, 0) is 38.8 Å². The van der Waals surface area contributed by atoms with E-state index in [1.807, 2.05) is 0 Å². The summed E-state index contributed by atoms with van der Waals surface area (Å²) in [5.74, 6) is 1.08. The Labute approximate surface area is 87.3 Å². The van der Waals surface area contributed by atoms with Crippen molar-refractivity contribution in [1.29, 1.82) is 0 Å². The van der Waals surface area contributed by atoms with Gasteiger partial charge >= 0.3 is 0 Å². The first-order valence-corrected chi connectivity index (χ1v) is 6.37. The van der Waals surface area contributed by atoms with Gasteiger partial charge in [0.25, 0.3) is 0 Å². The molecule has 0 aromatic rings. The van der Waals surface area contributed by atoms with Crippen LogP contribution < -0.4 is 0 Å². The molecule has 76 valence electrons. The second kappa shape index (κ2) is 4.22. The maximum atomic E-state index is 4.57. The van der Waals surface area contributed by atoms with Crippen LogP contribution in [0.3, 0.4) is 0 Å². The average molecular weight is 199 g/mol. The summed E-state index contributed by atoms with van der Waals surface area (Å²) >= 11 is 4.57. The van der Waals surface area contributed by atoms with Gasteiger partial charge in [0.15, 0.2) is 0 Å². The van der Waals surface area contributed by atoms with Crippen LogP contribution in [0.1, 0.15) is 44.9 Å². The van der Waals surface area contributed by atoms with Gasteiger partial charge in [-0.1, -0.05) is 19.3 Å². The molecule has 13 heavy (non-hydrogen) atoms. The first-order chi connectivity index (χ1) is 6.37. The predicted octanol–water partition coefficient (Wildman–Crippen LogP) is 2.71. The Hall–Kier alpha value is 0.310. The molecule has 2 heteroatoms. The van der Waals surface area contributed by atoms with Crippen molar-refractivity contribution in [1.82, 2.24) is 4.90 Å². The molecule has 0 N–H and O–H groups in total. The lowest BCUT2D eigenvalue weighted by molar-refractivity contribution is 0.0901. The molecule has 1 saturated heterocycles. The van der Waals surface area contributed by atoms with E-state index in [0.29, 0.717) is 5.54 Å². The monoisotopic (exact) mass is 199 g/mol. The van der Waals surface area contributed by atoms with Crippen molar-refractivity contribution < 1.29 is 0 Å². The smallest absolute Gasteiger partial charge is 0.0297 e. The van der Waals surface area contributed by atoms with Gasteiger partial charge in [0.1, 0.15) is 0 Å². The molecule has 1 saturated carbocycles. The highest BCUT2D eigenvalue weighted by molar-refractivity contribution is 7.80. The molecule has 0 aromatic heterocycles. The van der Waals surface area contributed by atoms with Crippen LogP contribution >= 0.6 is 12.6 Å². The van der Waals surface area contributed by atoms with Gasteiger partial charge in [-0.3, -0.25) is 4.90 Å². The first-order valence-electron chi connectivity index (χ1n) is 5.73. The highest BCUT2D eigenvalue weighted by Crippen LogP contribution is 2.37. The molecule has 1 aliphatic carbocycles. The van der Waals surface area contributed by atoms with Crippen LogP contribution in [0.15, 0.2) is 0 Å². The molecule has 1 heterocycles. The zero-order chi connectivity index (χ0) is 9.15. The molecule has 1 nitrogen and oxygen atoms in total. The number of nitrogens with zero attached hydrogens (tertiary/aromatic N) is 1. The number of rotatable bonds is 2. The third-order valence-electron chi connectivity index (χ3n) is 3.86. The minimum atomic E-state index is 0.504. The second-order valence-electron chi connectivity index (χ2n) is 4.64. The van der Waals surface area contributed by atoms with Crippen molar-refractivity contribution in [2.45, 2.75) is 50.5 Å². The number of hydrogen-bond acceptors (Lipinski definition) is 2. The van der Waals surface area contributed by atoms with E-state index in [1.165, 1.54) is 58.0 Å². The third kappa shape index (κ3) is 1.89. The fraction of sp³-hybridized carbons (Fsp3) is 1.00. The standard InChI is InChI=1S/C11H21NS/c13-10-11(6-2-3-7-11)12-8-4-1-5-9-12/h13H,1-10H2. The van der Waals surface area contributed by atoms with E-state index >= 15 is 0 Å². The maximum absolute atomic E-state index is 4.57. The summed E-state index contributed by atoms with van der Waals surface area (Å²) < 4.78 is 0. The highest BCUT2D eigenvalue weighted by Gasteiger charge is 2.38. The SMILES string of the molecule is SCC1(N2CCCCC2)CCCC1. The highest BCUT2D eigenvalue weighted by atomic mass is 32.1. The van der Waals surface area contributed by atoms with Crippen molar-refractivity contribution in [3.63, 3.8) is 0 Å². The lowest BCUT2D eigenvalue weighted by Crippen LogP contribution is -2.50. The van der Waals surface area contributed by atoms with Gasteiger partial charge in [0.2, 0.25) is 0 Å². The lowest BCUT2D eigenvalue weighted by atomic mass is 9.94. The minimum Gasteiger partial charge on any atom is -0.297 e. The lowest BCUT2D eigenvalue weighted by Gasteiger charge is -2.42. The Bertz CT molecular complexity index is 157. The molecule has 0 bridgehead atoms. The van der Waals surface area contributed by atoms with Crippen molar-refractivity contribution in [2.75, 3.05) is 18.8 Å². The molecule has 0 unspecified atom stereocenters. The van der Waals surface area contributed by atoms with Crippen LogP contribution in [0.4, 0.5) is 0 Å². The number of likely N-dealkylation sites (tertiary alicyclic amines) is 1. The first kappa shape index (κ1) is 9.85.